The third-order valence-electron chi connectivity index (χ3n) is 4.28. The van der Waals surface area contributed by atoms with Crippen LogP contribution in [0.4, 0.5) is 13.2 Å². The fourth-order valence-corrected chi connectivity index (χ4v) is 2.85. The fraction of sp³-hybridized carbons (Fsp3) is 0.238. The molecule has 0 atom stereocenters. The van der Waals surface area contributed by atoms with Crippen molar-refractivity contribution in [2.45, 2.75) is 33.9 Å². The highest BCUT2D eigenvalue weighted by molar-refractivity contribution is 6.07. The molecule has 0 saturated heterocycles. The summed E-state index contributed by atoms with van der Waals surface area (Å²) < 4.78 is 38.3. The number of hydrogen-bond acceptors (Lipinski definition) is 4. The minimum absolute atomic E-state index is 0.0187. The van der Waals surface area contributed by atoms with Gasteiger partial charge in [0.25, 0.3) is 5.91 Å². The summed E-state index contributed by atoms with van der Waals surface area (Å²) in [4.78, 5) is 28.2. The molecular weight excluding hydrogens is 395 g/mol. The predicted molar refractivity (Wildman–Crippen MR) is 109 cm³/mol. The Morgan fingerprint density at radius 1 is 1.07 bits per heavy atom. The number of allylic oxidation sites excluding steroid dienone is 1. The van der Waals surface area contributed by atoms with Gasteiger partial charge in [0.1, 0.15) is 17.2 Å². The van der Waals surface area contributed by atoms with Crippen molar-refractivity contribution < 1.29 is 18.0 Å². The van der Waals surface area contributed by atoms with E-state index in [0.29, 0.717) is 11.5 Å². The number of carbonyl (C=O) groups excluding carboxylic acids is 1. The van der Waals surface area contributed by atoms with Crippen molar-refractivity contribution in [2.75, 3.05) is 0 Å². The molecule has 1 amide bonds. The highest BCUT2D eigenvalue weighted by Crippen LogP contribution is 2.28. The molecule has 156 valence electrons. The summed E-state index contributed by atoms with van der Waals surface area (Å²) in [7, 11) is 0. The number of halogens is 3. The molecule has 0 spiro atoms. The number of rotatable bonds is 3. The van der Waals surface area contributed by atoms with E-state index in [9.17, 15) is 18.0 Å². The lowest BCUT2D eigenvalue weighted by atomic mass is 10.1. The topological polar surface area (TPSA) is 83.0 Å². The molecule has 3 aromatic rings. The van der Waals surface area contributed by atoms with E-state index < -0.39 is 17.8 Å². The lowest BCUT2D eigenvalue weighted by molar-refractivity contribution is -0.141. The lowest BCUT2D eigenvalue weighted by Gasteiger charge is -2.11. The number of amidine groups is 1. The second-order valence-electron chi connectivity index (χ2n) is 6.93. The van der Waals surface area contributed by atoms with Crippen LogP contribution >= 0.6 is 0 Å². The van der Waals surface area contributed by atoms with Crippen LogP contribution in [0.1, 0.15) is 48.3 Å². The normalized spacial score (nSPS) is 12.2. The van der Waals surface area contributed by atoms with Crippen LogP contribution in [-0.4, -0.2) is 26.7 Å². The highest BCUT2D eigenvalue weighted by Gasteiger charge is 2.33. The molecule has 0 fully saturated rings. The van der Waals surface area contributed by atoms with E-state index in [-0.39, 0.29) is 17.1 Å². The van der Waals surface area contributed by atoms with Crippen molar-refractivity contribution in [2.24, 2.45) is 4.99 Å². The summed E-state index contributed by atoms with van der Waals surface area (Å²) in [6.07, 6.45) is -4.57. The van der Waals surface area contributed by atoms with Gasteiger partial charge < -0.3 is 10.3 Å². The van der Waals surface area contributed by atoms with E-state index in [1.165, 1.54) is 6.92 Å². The lowest BCUT2D eigenvalue weighted by Crippen LogP contribution is -2.29. The van der Waals surface area contributed by atoms with E-state index in [2.05, 4.69) is 25.3 Å². The molecule has 2 N–H and O–H groups in total. The van der Waals surface area contributed by atoms with Gasteiger partial charge in [-0.1, -0.05) is 12.1 Å². The number of amides is 1. The number of alkyl halides is 3. The van der Waals surface area contributed by atoms with Gasteiger partial charge in [-0.25, -0.2) is 15.0 Å². The maximum atomic E-state index is 12.8. The van der Waals surface area contributed by atoms with Crippen molar-refractivity contribution in [1.29, 1.82) is 0 Å². The smallest absolute Gasteiger partial charge is 0.337 e. The third kappa shape index (κ3) is 4.56. The molecule has 0 aliphatic rings. The van der Waals surface area contributed by atoms with Crippen LogP contribution in [0, 0.1) is 6.92 Å². The Bertz CT molecular complexity index is 1140. The number of pyridine rings is 1. The number of imidazole rings is 1. The maximum absolute atomic E-state index is 12.8. The van der Waals surface area contributed by atoms with Crippen LogP contribution in [0.15, 0.2) is 47.0 Å². The minimum atomic E-state index is -4.57. The molecule has 0 radical (unpaired) electrons. The first-order valence-corrected chi connectivity index (χ1v) is 9.10. The summed E-state index contributed by atoms with van der Waals surface area (Å²) in [6.45, 7) is 6.68. The van der Waals surface area contributed by atoms with Crippen LogP contribution in [-0.2, 0) is 6.18 Å². The molecular formula is C21H20F3N5O. The average Bonchev–Trinajstić information content (AvgIpc) is 3.08. The maximum Gasteiger partial charge on any atom is 0.433 e. The number of H-pyrrole nitrogens is 1. The van der Waals surface area contributed by atoms with Crippen molar-refractivity contribution in [1.82, 2.24) is 20.3 Å². The van der Waals surface area contributed by atoms with E-state index in [0.717, 1.165) is 28.7 Å². The van der Waals surface area contributed by atoms with Gasteiger partial charge in [-0.3, -0.25) is 4.79 Å². The van der Waals surface area contributed by atoms with Crippen LogP contribution in [0.2, 0.25) is 0 Å². The molecule has 1 aromatic carbocycles. The summed E-state index contributed by atoms with van der Waals surface area (Å²) >= 11 is 0. The fourth-order valence-electron chi connectivity index (χ4n) is 2.85. The monoisotopic (exact) mass is 415 g/mol. The molecule has 0 aliphatic heterocycles. The molecule has 9 heteroatoms. The average molecular weight is 415 g/mol. The van der Waals surface area contributed by atoms with Gasteiger partial charge in [0.05, 0.1) is 22.3 Å². The van der Waals surface area contributed by atoms with Gasteiger partial charge in [0.15, 0.2) is 5.82 Å². The standard InChI is InChI=1S/C21H20F3N5O/c1-11(2)18(19-28-15-7-5-6-8-16(15)29-19)26-13(4)27-20(30)14-9-10-17(21(22,23)24)25-12(14)3/h5-10H,1-4H3,(H,28,29)(H,26,27,30). The van der Waals surface area contributed by atoms with Gasteiger partial charge >= 0.3 is 6.18 Å². The van der Waals surface area contributed by atoms with E-state index in [4.69, 9.17) is 0 Å². The number of benzene rings is 1. The van der Waals surface area contributed by atoms with Crippen LogP contribution in [0.5, 0.6) is 0 Å². The van der Waals surface area contributed by atoms with Crippen molar-refractivity contribution in [3.8, 4) is 0 Å². The molecule has 0 bridgehead atoms. The molecule has 0 saturated carbocycles. The Morgan fingerprint density at radius 2 is 1.77 bits per heavy atom. The van der Waals surface area contributed by atoms with Gasteiger partial charge in [-0.05, 0) is 57.5 Å². The molecule has 2 aromatic heterocycles. The van der Waals surface area contributed by atoms with Gasteiger partial charge in [-0.15, -0.1) is 0 Å². The third-order valence-corrected chi connectivity index (χ3v) is 4.28. The molecule has 0 unspecified atom stereocenters. The zero-order valence-electron chi connectivity index (χ0n) is 16.8. The largest absolute Gasteiger partial charge is 0.433 e. The van der Waals surface area contributed by atoms with Gasteiger partial charge in [-0.2, -0.15) is 13.2 Å². The van der Waals surface area contributed by atoms with Gasteiger partial charge in [0.2, 0.25) is 0 Å². The van der Waals surface area contributed by atoms with Gasteiger partial charge in [0, 0.05) is 0 Å². The number of aromatic nitrogens is 3. The Labute approximate surface area is 171 Å². The number of nitrogens with one attached hydrogen (secondary N) is 2. The summed E-state index contributed by atoms with van der Waals surface area (Å²) in [5.41, 5.74) is 2.05. The van der Waals surface area contributed by atoms with E-state index in [1.54, 1.807) is 6.92 Å². The zero-order chi connectivity index (χ0) is 22.1. The number of nitrogens with zero attached hydrogens (tertiary/aromatic N) is 3. The van der Waals surface area contributed by atoms with Crippen LogP contribution in [0.3, 0.4) is 0 Å². The number of para-hydroxylation sites is 2. The van der Waals surface area contributed by atoms with E-state index >= 15 is 0 Å². The molecule has 6 nitrogen and oxygen atoms in total. The van der Waals surface area contributed by atoms with Crippen LogP contribution < -0.4 is 5.32 Å². The molecule has 2 heterocycles. The first kappa shape index (κ1) is 21.2. The zero-order valence-corrected chi connectivity index (χ0v) is 16.8. The second kappa shape index (κ2) is 8.10. The highest BCUT2D eigenvalue weighted by atomic mass is 19.4. The minimum Gasteiger partial charge on any atom is -0.337 e. The molecule has 3 rings (SSSR count). The first-order valence-electron chi connectivity index (χ1n) is 9.10. The number of aliphatic imine (C=N–C) groups is 1. The number of aromatic amines is 1. The molecule has 30 heavy (non-hydrogen) atoms. The summed E-state index contributed by atoms with van der Waals surface area (Å²) in [5, 5.41) is 2.60. The number of hydrogen-bond donors (Lipinski definition) is 2. The number of aryl methyl sites for hydroxylation is 1. The van der Waals surface area contributed by atoms with Crippen molar-refractivity contribution in [3.05, 3.63) is 64.7 Å². The summed E-state index contributed by atoms with van der Waals surface area (Å²) in [6, 6.07) is 9.43. The van der Waals surface area contributed by atoms with Crippen LogP contribution in [0.25, 0.3) is 16.7 Å². The van der Waals surface area contributed by atoms with E-state index in [1.807, 2.05) is 38.1 Å². The first-order chi connectivity index (χ1) is 14.1. The molecule has 0 aliphatic carbocycles. The number of fused-ring (bicyclic) bond motifs is 1. The Balaban J connectivity index is 1.85. The SMILES string of the molecule is CC(=NC(=C(C)C)c1nc2ccccc2[nH]1)NC(=O)c1ccc(C(F)(F)F)nc1C. The number of carbonyl (C=O) groups is 1. The second-order valence-corrected chi connectivity index (χ2v) is 6.93. The van der Waals surface area contributed by atoms with Crippen molar-refractivity contribution in [3.63, 3.8) is 0 Å². The Hall–Kier alpha value is -3.49. The quantitative estimate of drug-likeness (QED) is 0.472. The summed E-state index contributed by atoms with van der Waals surface area (Å²) in [5.74, 6) is 0.237. The van der Waals surface area contributed by atoms with Crippen molar-refractivity contribution >= 4 is 28.5 Å². The Morgan fingerprint density at radius 3 is 2.37 bits per heavy atom. The Kier molecular flexibility index (Phi) is 5.73. The predicted octanol–water partition coefficient (Wildman–Crippen LogP) is 4.88.